The number of allylic oxidation sites excluding steroid dienone is 1. The van der Waals surface area contributed by atoms with E-state index >= 15 is 0 Å². The lowest BCUT2D eigenvalue weighted by molar-refractivity contribution is -0.139. The molecule has 7 heteroatoms. The van der Waals surface area contributed by atoms with E-state index in [1.807, 2.05) is 20.8 Å². The first-order valence-corrected chi connectivity index (χ1v) is 17.9. The molecule has 3 aromatic carbocycles. The number of likely N-dealkylation sites (tertiary alicyclic amines) is 1. The molecule has 3 aliphatic rings. The fourth-order valence-electron chi connectivity index (χ4n) is 7.66. The van der Waals surface area contributed by atoms with Gasteiger partial charge in [-0.25, -0.2) is 4.79 Å². The molecule has 49 heavy (non-hydrogen) atoms. The minimum atomic E-state index is -0.606. The Labute approximate surface area is 290 Å². The molecule has 2 atom stereocenters. The normalized spacial score (nSPS) is 18.9. The van der Waals surface area contributed by atoms with E-state index in [4.69, 9.17) is 9.47 Å². The van der Waals surface area contributed by atoms with Gasteiger partial charge in [-0.2, -0.15) is 0 Å². The van der Waals surface area contributed by atoms with Crippen molar-refractivity contribution in [1.82, 2.24) is 14.4 Å². The number of amides is 2. The Morgan fingerprint density at radius 3 is 2.57 bits per heavy atom. The lowest BCUT2D eigenvalue weighted by Gasteiger charge is -2.40. The zero-order valence-electron chi connectivity index (χ0n) is 29.4. The largest absolute Gasteiger partial charge is 0.444 e. The maximum Gasteiger partial charge on any atom is 0.410 e. The second-order valence-corrected chi connectivity index (χ2v) is 15.0. The summed E-state index contributed by atoms with van der Waals surface area (Å²) < 4.78 is 13.4. The van der Waals surface area contributed by atoms with Crippen LogP contribution in [0.1, 0.15) is 74.6 Å². The molecule has 2 fully saturated rings. The summed E-state index contributed by atoms with van der Waals surface area (Å²) in [6, 6.07) is 24.1. The van der Waals surface area contributed by atoms with Crippen molar-refractivity contribution in [3.63, 3.8) is 0 Å². The molecular formula is C42H49N3O4. The van der Waals surface area contributed by atoms with Gasteiger partial charge >= 0.3 is 6.09 Å². The summed E-state index contributed by atoms with van der Waals surface area (Å²) in [5, 5.41) is 1.19. The quantitative estimate of drug-likeness (QED) is 0.160. The lowest BCUT2D eigenvalue weighted by atomic mass is 9.78. The Balaban J connectivity index is 1.20. The first-order valence-electron chi connectivity index (χ1n) is 17.9. The van der Waals surface area contributed by atoms with Crippen LogP contribution >= 0.6 is 0 Å². The monoisotopic (exact) mass is 659 g/mol. The maximum absolute atomic E-state index is 15.0. The van der Waals surface area contributed by atoms with E-state index in [0.29, 0.717) is 32.7 Å². The first-order chi connectivity index (χ1) is 23.7. The molecule has 0 radical (unpaired) electrons. The third-order valence-corrected chi connectivity index (χ3v) is 10.2. The van der Waals surface area contributed by atoms with Crippen molar-refractivity contribution < 1.29 is 19.1 Å². The fourth-order valence-corrected chi connectivity index (χ4v) is 7.66. The van der Waals surface area contributed by atoms with Crippen LogP contribution in [0.25, 0.3) is 28.1 Å². The molecule has 0 N–H and O–H groups in total. The molecule has 0 spiro atoms. The summed E-state index contributed by atoms with van der Waals surface area (Å²) >= 11 is 0. The van der Waals surface area contributed by atoms with Gasteiger partial charge in [-0.15, -0.1) is 0 Å². The number of carbonyl (C=O) groups excluding carboxylic acids is 2. The number of hydrogen-bond acceptors (Lipinski definition) is 4. The van der Waals surface area contributed by atoms with Crippen LogP contribution in [0, 0.1) is 5.92 Å². The number of aryl methyl sites for hydroxylation is 1. The molecule has 1 aromatic heterocycles. The van der Waals surface area contributed by atoms with E-state index in [1.54, 1.807) is 12.0 Å². The van der Waals surface area contributed by atoms with Gasteiger partial charge in [-0.3, -0.25) is 4.79 Å². The molecule has 4 aromatic rings. The number of rotatable bonds is 10. The van der Waals surface area contributed by atoms with Gasteiger partial charge in [0.05, 0.1) is 5.92 Å². The van der Waals surface area contributed by atoms with Gasteiger partial charge in [-0.05, 0) is 98.2 Å². The third kappa shape index (κ3) is 7.32. The maximum atomic E-state index is 15.0. The number of nitrogens with zero attached hydrogens (tertiary/aromatic N) is 3. The van der Waals surface area contributed by atoms with Crippen LogP contribution in [0.3, 0.4) is 0 Å². The van der Waals surface area contributed by atoms with E-state index in [-0.39, 0.29) is 29.9 Å². The van der Waals surface area contributed by atoms with E-state index in [2.05, 4.69) is 94.5 Å². The predicted molar refractivity (Wildman–Crippen MR) is 195 cm³/mol. The highest BCUT2D eigenvalue weighted by Crippen LogP contribution is 2.40. The Morgan fingerprint density at radius 2 is 1.78 bits per heavy atom. The minimum absolute atomic E-state index is 0.0149. The van der Waals surface area contributed by atoms with Gasteiger partial charge < -0.3 is 23.8 Å². The summed E-state index contributed by atoms with van der Waals surface area (Å²) in [5.41, 5.74) is 7.89. The number of para-hydroxylation sites is 1. The van der Waals surface area contributed by atoms with E-state index in [0.717, 1.165) is 48.9 Å². The van der Waals surface area contributed by atoms with Gasteiger partial charge in [-0.1, -0.05) is 72.8 Å². The Hall–Kier alpha value is -4.36. The Bertz CT molecular complexity index is 1860. The number of hydrogen-bond donors (Lipinski definition) is 0. The van der Waals surface area contributed by atoms with Crippen LogP contribution in [0.4, 0.5) is 4.79 Å². The van der Waals surface area contributed by atoms with Crippen molar-refractivity contribution >= 4 is 29.0 Å². The lowest BCUT2D eigenvalue weighted by Crippen LogP contribution is -2.51. The number of ether oxygens (including phenoxy) is 2. The molecule has 256 valence electrons. The zero-order chi connectivity index (χ0) is 34.1. The molecule has 1 aliphatic heterocycles. The summed E-state index contributed by atoms with van der Waals surface area (Å²) in [4.78, 5) is 32.2. The zero-order valence-corrected chi connectivity index (χ0v) is 29.4. The van der Waals surface area contributed by atoms with Crippen molar-refractivity contribution in [2.75, 3.05) is 26.8 Å². The average Bonchev–Trinajstić information content (AvgIpc) is 3.73. The summed E-state index contributed by atoms with van der Waals surface area (Å²) in [6.45, 7) is 8.69. The number of fused-ring (bicyclic) bond motifs is 2. The Morgan fingerprint density at radius 1 is 0.959 bits per heavy atom. The molecule has 2 heterocycles. The van der Waals surface area contributed by atoms with Crippen molar-refractivity contribution in [3.05, 3.63) is 101 Å². The van der Waals surface area contributed by atoms with Gasteiger partial charge in [0.1, 0.15) is 5.60 Å². The molecule has 1 saturated carbocycles. The van der Waals surface area contributed by atoms with Gasteiger partial charge in [0, 0.05) is 63.0 Å². The van der Waals surface area contributed by atoms with Crippen LogP contribution < -0.4 is 0 Å². The van der Waals surface area contributed by atoms with Crippen LogP contribution in [0.15, 0.2) is 79.0 Å². The van der Waals surface area contributed by atoms with Crippen LogP contribution in [0.2, 0.25) is 0 Å². The second-order valence-electron chi connectivity index (χ2n) is 15.0. The molecular weight excluding hydrogens is 610 g/mol. The number of aromatic nitrogens is 1. The first kappa shape index (κ1) is 33.2. The minimum Gasteiger partial charge on any atom is -0.444 e. The van der Waals surface area contributed by atoms with E-state index < -0.39 is 5.60 Å². The summed E-state index contributed by atoms with van der Waals surface area (Å²) in [5.74, 6) is -0.263. The van der Waals surface area contributed by atoms with Crippen molar-refractivity contribution in [3.8, 4) is 11.1 Å². The van der Waals surface area contributed by atoms with Crippen LogP contribution in [-0.2, 0) is 33.8 Å². The van der Waals surface area contributed by atoms with Gasteiger partial charge in [0.15, 0.2) is 0 Å². The second kappa shape index (κ2) is 13.9. The van der Waals surface area contributed by atoms with Gasteiger partial charge in [0.25, 0.3) is 0 Å². The highest BCUT2D eigenvalue weighted by Gasteiger charge is 2.43. The number of carbonyl (C=O) groups is 2. The SMILES string of the molecule is COCCCn1cc(CN(C(=O)[C@H]2CN(C(=O)OC(C)(C)C)CC[C@@H]2c2cccc(-c3ccc4c(c3)CC=C4)c2)C2CC2)c2ccccc21. The van der Waals surface area contributed by atoms with Crippen LogP contribution in [-0.4, -0.2) is 64.8 Å². The van der Waals surface area contributed by atoms with Gasteiger partial charge in [0.2, 0.25) is 5.91 Å². The summed E-state index contributed by atoms with van der Waals surface area (Å²) in [7, 11) is 1.74. The third-order valence-electron chi connectivity index (χ3n) is 10.2. The summed E-state index contributed by atoms with van der Waals surface area (Å²) in [6.07, 6.45) is 10.9. The predicted octanol–water partition coefficient (Wildman–Crippen LogP) is 8.45. The molecule has 0 bridgehead atoms. The smallest absolute Gasteiger partial charge is 0.410 e. The van der Waals surface area contributed by atoms with Crippen molar-refractivity contribution in [2.24, 2.45) is 5.92 Å². The Kier molecular flexibility index (Phi) is 9.38. The molecule has 7 nitrogen and oxygen atoms in total. The van der Waals surface area contributed by atoms with Crippen molar-refractivity contribution in [1.29, 1.82) is 0 Å². The fraction of sp³-hybridized carbons (Fsp3) is 0.429. The number of benzene rings is 3. The molecule has 0 unspecified atom stereocenters. The highest BCUT2D eigenvalue weighted by atomic mass is 16.6. The number of piperidine rings is 1. The van der Waals surface area contributed by atoms with Crippen molar-refractivity contribution in [2.45, 2.75) is 83.5 Å². The number of methoxy groups -OCH3 is 1. The highest BCUT2D eigenvalue weighted by molar-refractivity contribution is 5.86. The molecule has 2 amide bonds. The van der Waals surface area contributed by atoms with E-state index in [9.17, 15) is 9.59 Å². The average molecular weight is 660 g/mol. The van der Waals surface area contributed by atoms with Crippen LogP contribution in [0.5, 0.6) is 0 Å². The van der Waals surface area contributed by atoms with E-state index in [1.165, 1.54) is 27.6 Å². The molecule has 2 aliphatic carbocycles. The topological polar surface area (TPSA) is 64.0 Å². The molecule has 1 saturated heterocycles. The standard InChI is InChI=1S/C42H49N3O4/c1-42(2,3)49-41(47)44-22-20-36(33-13-8-12-31(25-33)32-17-16-29-10-7-11-30(29)24-32)38(28-44)40(46)45(35-18-19-35)27-34-26-43(21-9-23-48-4)39-15-6-5-14-37(34)39/h5-8,10,12-17,24-26,35-36,38H,9,11,18-23,27-28H2,1-4H3/t36-,38+/m1/s1. The molecule has 7 rings (SSSR count).